The van der Waals surface area contributed by atoms with Crippen LogP contribution < -0.4 is 9.64 Å². The van der Waals surface area contributed by atoms with Gasteiger partial charge >= 0.3 is 0 Å². The zero-order valence-corrected chi connectivity index (χ0v) is 12.7. The number of nitro benzene ring substituents is 1. The normalized spacial score (nSPS) is 13.9. The van der Waals surface area contributed by atoms with Gasteiger partial charge in [0, 0.05) is 37.0 Å². The summed E-state index contributed by atoms with van der Waals surface area (Å²) in [6.07, 6.45) is 1.21. The smallest absolute Gasteiger partial charge is 0.269 e. The average Bonchev–Trinajstić information content (AvgIpc) is 2.52. The SMILES string of the molecule is COc1cc(N2CCC2)ccc1N=Nc1ccc([N+](=O)[O-])cc1. The van der Waals surface area contributed by atoms with Gasteiger partial charge in [0.2, 0.25) is 0 Å². The lowest BCUT2D eigenvalue weighted by Gasteiger charge is -2.33. The van der Waals surface area contributed by atoms with Crippen LogP contribution in [0.4, 0.5) is 22.7 Å². The highest BCUT2D eigenvalue weighted by Gasteiger charge is 2.16. The van der Waals surface area contributed by atoms with Gasteiger partial charge in [0.15, 0.2) is 0 Å². The van der Waals surface area contributed by atoms with Crippen molar-refractivity contribution in [3.63, 3.8) is 0 Å². The van der Waals surface area contributed by atoms with Crippen molar-refractivity contribution in [1.29, 1.82) is 0 Å². The maximum absolute atomic E-state index is 10.6. The molecule has 118 valence electrons. The number of hydrogen-bond acceptors (Lipinski definition) is 6. The van der Waals surface area contributed by atoms with Crippen molar-refractivity contribution in [2.45, 2.75) is 6.42 Å². The summed E-state index contributed by atoms with van der Waals surface area (Å²) in [5, 5.41) is 18.9. The molecule has 0 bridgehead atoms. The van der Waals surface area contributed by atoms with E-state index in [0.29, 0.717) is 17.1 Å². The first-order valence-electron chi connectivity index (χ1n) is 7.26. The minimum atomic E-state index is -0.446. The molecule has 0 radical (unpaired) electrons. The molecule has 0 aromatic heterocycles. The Hall–Kier alpha value is -2.96. The Morgan fingerprint density at radius 1 is 1.13 bits per heavy atom. The number of rotatable bonds is 5. The van der Waals surface area contributed by atoms with E-state index in [1.165, 1.54) is 18.6 Å². The van der Waals surface area contributed by atoms with Crippen LogP contribution in [0.5, 0.6) is 5.75 Å². The number of ether oxygens (including phenoxy) is 1. The van der Waals surface area contributed by atoms with Crippen LogP contribution >= 0.6 is 0 Å². The Bertz CT molecular complexity index is 739. The second kappa shape index (κ2) is 6.43. The average molecular weight is 312 g/mol. The number of benzene rings is 2. The van der Waals surface area contributed by atoms with E-state index >= 15 is 0 Å². The first-order valence-corrected chi connectivity index (χ1v) is 7.26. The van der Waals surface area contributed by atoms with Crippen LogP contribution in [-0.4, -0.2) is 25.1 Å². The fourth-order valence-electron chi connectivity index (χ4n) is 2.27. The van der Waals surface area contributed by atoms with Gasteiger partial charge in [-0.15, -0.1) is 5.11 Å². The van der Waals surface area contributed by atoms with Crippen molar-refractivity contribution in [2.75, 3.05) is 25.1 Å². The molecule has 1 fully saturated rings. The fraction of sp³-hybridized carbons (Fsp3) is 0.250. The Balaban J connectivity index is 1.79. The van der Waals surface area contributed by atoms with Gasteiger partial charge in [-0.2, -0.15) is 5.11 Å². The quantitative estimate of drug-likeness (QED) is 0.470. The van der Waals surface area contributed by atoms with Gasteiger partial charge < -0.3 is 9.64 Å². The van der Waals surface area contributed by atoms with Crippen LogP contribution in [0.15, 0.2) is 52.7 Å². The van der Waals surface area contributed by atoms with Crippen molar-refractivity contribution in [3.8, 4) is 5.75 Å². The van der Waals surface area contributed by atoms with Crippen molar-refractivity contribution in [3.05, 3.63) is 52.6 Å². The van der Waals surface area contributed by atoms with Crippen LogP contribution in [-0.2, 0) is 0 Å². The standard InChI is InChI=1S/C16H16N4O3/c1-23-16-11-14(19-9-2-10-19)7-8-15(16)18-17-12-3-5-13(6-4-12)20(21)22/h3-8,11H,2,9-10H2,1H3. The van der Waals surface area contributed by atoms with E-state index in [0.717, 1.165) is 18.8 Å². The lowest BCUT2D eigenvalue weighted by Crippen LogP contribution is -2.36. The Kier molecular flexibility index (Phi) is 4.18. The van der Waals surface area contributed by atoms with Crippen molar-refractivity contribution in [2.24, 2.45) is 10.2 Å². The van der Waals surface area contributed by atoms with Crippen LogP contribution in [0.1, 0.15) is 6.42 Å². The predicted molar refractivity (Wildman–Crippen MR) is 87.1 cm³/mol. The molecule has 0 N–H and O–H groups in total. The molecule has 0 unspecified atom stereocenters. The topological polar surface area (TPSA) is 80.3 Å². The number of nitrogens with zero attached hydrogens (tertiary/aromatic N) is 4. The molecule has 1 saturated heterocycles. The van der Waals surface area contributed by atoms with E-state index in [4.69, 9.17) is 4.74 Å². The molecule has 0 amide bonds. The molecule has 2 aromatic rings. The van der Waals surface area contributed by atoms with Crippen LogP contribution in [0, 0.1) is 10.1 Å². The number of hydrogen-bond donors (Lipinski definition) is 0. The van der Waals surface area contributed by atoms with E-state index in [9.17, 15) is 10.1 Å². The second-order valence-electron chi connectivity index (χ2n) is 5.17. The van der Waals surface area contributed by atoms with Crippen LogP contribution in [0.2, 0.25) is 0 Å². The molecule has 0 spiro atoms. The molecule has 2 aromatic carbocycles. The van der Waals surface area contributed by atoms with Gasteiger partial charge in [-0.05, 0) is 30.7 Å². The van der Waals surface area contributed by atoms with Gasteiger partial charge in [-0.25, -0.2) is 0 Å². The van der Waals surface area contributed by atoms with Crippen LogP contribution in [0.25, 0.3) is 0 Å². The third kappa shape index (κ3) is 3.28. The van der Waals surface area contributed by atoms with Gasteiger partial charge in [-0.3, -0.25) is 10.1 Å². The van der Waals surface area contributed by atoms with E-state index in [1.807, 2.05) is 18.2 Å². The molecular formula is C16H16N4O3. The van der Waals surface area contributed by atoms with Crippen molar-refractivity contribution in [1.82, 2.24) is 0 Å². The van der Waals surface area contributed by atoms with Gasteiger partial charge in [-0.1, -0.05) is 0 Å². The van der Waals surface area contributed by atoms with Crippen molar-refractivity contribution >= 4 is 22.7 Å². The summed E-state index contributed by atoms with van der Waals surface area (Å²) in [7, 11) is 1.60. The summed E-state index contributed by atoms with van der Waals surface area (Å²) < 4.78 is 5.37. The number of anilines is 1. The summed E-state index contributed by atoms with van der Waals surface area (Å²) in [4.78, 5) is 12.4. The minimum Gasteiger partial charge on any atom is -0.494 e. The first kappa shape index (κ1) is 15.0. The van der Waals surface area contributed by atoms with Crippen molar-refractivity contribution < 1.29 is 9.66 Å². The molecule has 23 heavy (non-hydrogen) atoms. The zero-order chi connectivity index (χ0) is 16.2. The van der Waals surface area contributed by atoms with Gasteiger partial charge in [0.05, 0.1) is 17.7 Å². The van der Waals surface area contributed by atoms with E-state index in [-0.39, 0.29) is 5.69 Å². The van der Waals surface area contributed by atoms with E-state index < -0.39 is 4.92 Å². The molecule has 1 heterocycles. The second-order valence-corrected chi connectivity index (χ2v) is 5.17. The maximum atomic E-state index is 10.6. The number of nitro groups is 1. The van der Waals surface area contributed by atoms with Gasteiger partial charge in [0.1, 0.15) is 11.4 Å². The van der Waals surface area contributed by atoms with E-state index in [2.05, 4.69) is 15.1 Å². The highest BCUT2D eigenvalue weighted by molar-refractivity contribution is 5.62. The summed E-state index contributed by atoms with van der Waals surface area (Å²) >= 11 is 0. The summed E-state index contributed by atoms with van der Waals surface area (Å²) in [6, 6.07) is 11.7. The molecule has 3 rings (SSSR count). The number of non-ortho nitro benzene ring substituents is 1. The molecule has 1 aliphatic rings. The monoisotopic (exact) mass is 312 g/mol. The first-order chi connectivity index (χ1) is 11.2. The molecular weight excluding hydrogens is 296 g/mol. The molecule has 1 aliphatic heterocycles. The van der Waals surface area contributed by atoms with Gasteiger partial charge in [0.25, 0.3) is 5.69 Å². The molecule has 0 atom stereocenters. The van der Waals surface area contributed by atoms with E-state index in [1.54, 1.807) is 19.2 Å². The summed E-state index contributed by atoms with van der Waals surface area (Å²) in [6.45, 7) is 2.12. The molecule has 7 nitrogen and oxygen atoms in total. The lowest BCUT2D eigenvalue weighted by molar-refractivity contribution is -0.384. The summed E-state index contributed by atoms with van der Waals surface area (Å²) in [5.74, 6) is 0.653. The highest BCUT2D eigenvalue weighted by Crippen LogP contribution is 2.34. The lowest BCUT2D eigenvalue weighted by atomic mass is 10.1. The fourth-order valence-corrected chi connectivity index (χ4v) is 2.27. The molecule has 0 aliphatic carbocycles. The Morgan fingerprint density at radius 2 is 1.87 bits per heavy atom. The minimum absolute atomic E-state index is 0.0282. The predicted octanol–water partition coefficient (Wildman–Crippen LogP) is 4.23. The number of methoxy groups -OCH3 is 1. The Morgan fingerprint density at radius 3 is 2.43 bits per heavy atom. The largest absolute Gasteiger partial charge is 0.494 e. The summed E-state index contributed by atoms with van der Waals surface area (Å²) in [5.41, 5.74) is 2.31. The molecule has 7 heteroatoms. The molecule has 0 saturated carbocycles. The highest BCUT2D eigenvalue weighted by atomic mass is 16.6. The maximum Gasteiger partial charge on any atom is 0.269 e. The third-order valence-electron chi connectivity index (χ3n) is 3.72. The third-order valence-corrected chi connectivity index (χ3v) is 3.72. The number of azo groups is 1. The van der Waals surface area contributed by atoms with Crippen LogP contribution in [0.3, 0.4) is 0 Å². The Labute approximate surface area is 133 Å². The zero-order valence-electron chi connectivity index (χ0n) is 12.7.